The first-order chi connectivity index (χ1) is 12.1. The molecule has 1 saturated heterocycles. The van der Waals surface area contributed by atoms with Crippen LogP contribution in [0.2, 0.25) is 0 Å². The molecule has 1 N–H and O–H groups in total. The number of likely N-dealkylation sites (N-methyl/N-ethyl adjacent to an activating group) is 1. The maximum Gasteiger partial charge on any atom is 0.244 e. The topological polar surface area (TPSA) is 104 Å². The summed E-state index contributed by atoms with van der Waals surface area (Å²) in [6.07, 6.45) is 1.23. The molecule has 9 heteroatoms. The van der Waals surface area contributed by atoms with Gasteiger partial charge in [0.2, 0.25) is 17.7 Å². The highest BCUT2D eigenvalue weighted by Gasteiger charge is 2.35. The lowest BCUT2D eigenvalue weighted by molar-refractivity contribution is -0.146. The minimum Gasteiger partial charge on any atom is -0.357 e. The summed E-state index contributed by atoms with van der Waals surface area (Å²) in [5.74, 6) is -0.688. The molecule has 1 aliphatic rings. The predicted octanol–water partition coefficient (Wildman–Crippen LogP) is -0.562. The lowest BCUT2D eigenvalue weighted by Gasteiger charge is -2.40. The van der Waals surface area contributed by atoms with Gasteiger partial charge >= 0.3 is 0 Å². The molecule has 26 heavy (non-hydrogen) atoms. The van der Waals surface area contributed by atoms with Gasteiger partial charge in [-0.3, -0.25) is 14.4 Å². The van der Waals surface area contributed by atoms with Crippen LogP contribution in [-0.2, 0) is 30.6 Å². The van der Waals surface area contributed by atoms with Crippen molar-refractivity contribution in [3.8, 4) is 0 Å². The van der Waals surface area contributed by atoms with E-state index in [-0.39, 0.29) is 35.6 Å². The quantitative estimate of drug-likeness (QED) is 0.753. The van der Waals surface area contributed by atoms with Crippen LogP contribution in [0.5, 0.6) is 0 Å². The van der Waals surface area contributed by atoms with E-state index in [9.17, 15) is 22.8 Å². The monoisotopic (exact) mass is 381 g/mol. The number of hydrogen-bond acceptors (Lipinski definition) is 5. The zero-order valence-electron chi connectivity index (χ0n) is 15.1. The van der Waals surface area contributed by atoms with Gasteiger partial charge in [-0.05, 0) is 17.7 Å². The maximum atomic E-state index is 12.6. The fourth-order valence-electron chi connectivity index (χ4n) is 2.92. The average molecular weight is 381 g/mol. The minimum absolute atomic E-state index is 0.102. The third-order valence-electron chi connectivity index (χ3n) is 4.39. The second-order valence-electron chi connectivity index (χ2n) is 6.28. The summed E-state index contributed by atoms with van der Waals surface area (Å²) in [4.78, 5) is 39.5. The number of carbonyl (C=O) groups is 3. The molecule has 2 rings (SSSR count). The molecule has 1 aromatic rings. The van der Waals surface area contributed by atoms with Crippen molar-refractivity contribution >= 4 is 27.6 Å². The highest BCUT2D eigenvalue weighted by molar-refractivity contribution is 7.90. The van der Waals surface area contributed by atoms with Crippen LogP contribution in [0.4, 0.5) is 0 Å². The van der Waals surface area contributed by atoms with Crippen LogP contribution in [0.15, 0.2) is 29.2 Å². The van der Waals surface area contributed by atoms with Crippen LogP contribution < -0.4 is 5.32 Å². The van der Waals surface area contributed by atoms with Crippen LogP contribution in [0.25, 0.3) is 0 Å². The summed E-state index contributed by atoms with van der Waals surface area (Å²) in [6.45, 7) is 2.19. The first kappa shape index (κ1) is 19.9. The zero-order chi connectivity index (χ0) is 19.5. The van der Waals surface area contributed by atoms with Gasteiger partial charge in [-0.1, -0.05) is 12.1 Å². The summed E-state index contributed by atoms with van der Waals surface area (Å²) in [7, 11) is -1.79. The molecule has 0 saturated carbocycles. The zero-order valence-corrected chi connectivity index (χ0v) is 15.9. The first-order valence-corrected chi connectivity index (χ1v) is 10.1. The van der Waals surface area contributed by atoms with E-state index < -0.39 is 15.9 Å². The number of rotatable bonds is 4. The molecule has 3 amide bonds. The van der Waals surface area contributed by atoms with Crippen molar-refractivity contribution in [1.29, 1.82) is 0 Å². The van der Waals surface area contributed by atoms with Gasteiger partial charge in [-0.15, -0.1) is 0 Å². The van der Waals surface area contributed by atoms with E-state index >= 15 is 0 Å². The Morgan fingerprint density at radius 1 is 1.15 bits per heavy atom. The van der Waals surface area contributed by atoms with Crippen molar-refractivity contribution in [2.45, 2.75) is 24.3 Å². The van der Waals surface area contributed by atoms with Crippen molar-refractivity contribution in [3.05, 3.63) is 29.8 Å². The normalized spacial score (nSPS) is 17.7. The molecule has 8 nitrogen and oxygen atoms in total. The van der Waals surface area contributed by atoms with Gasteiger partial charge in [0.1, 0.15) is 6.04 Å². The van der Waals surface area contributed by atoms with E-state index in [0.29, 0.717) is 18.7 Å². The molecule has 1 atom stereocenters. The Kier molecular flexibility index (Phi) is 6.01. The predicted molar refractivity (Wildman–Crippen MR) is 95.1 cm³/mol. The summed E-state index contributed by atoms with van der Waals surface area (Å²) < 4.78 is 23.0. The fourth-order valence-corrected chi connectivity index (χ4v) is 3.55. The Hall–Kier alpha value is -2.42. The molecule has 1 aromatic carbocycles. The van der Waals surface area contributed by atoms with Crippen molar-refractivity contribution < 1.29 is 22.8 Å². The van der Waals surface area contributed by atoms with Gasteiger partial charge in [0.25, 0.3) is 0 Å². The van der Waals surface area contributed by atoms with Crippen LogP contribution in [0.1, 0.15) is 12.5 Å². The van der Waals surface area contributed by atoms with Crippen LogP contribution in [0, 0.1) is 0 Å². The second-order valence-corrected chi connectivity index (χ2v) is 8.29. The van der Waals surface area contributed by atoms with E-state index in [0.717, 1.165) is 6.26 Å². The van der Waals surface area contributed by atoms with E-state index in [1.807, 2.05) is 0 Å². The number of benzene rings is 1. The third-order valence-corrected chi connectivity index (χ3v) is 5.52. The molecule has 0 unspecified atom stereocenters. The van der Waals surface area contributed by atoms with Gasteiger partial charge in [-0.2, -0.15) is 0 Å². The second kappa shape index (κ2) is 7.86. The van der Waals surface area contributed by atoms with Gasteiger partial charge < -0.3 is 15.1 Å². The molecule has 0 bridgehead atoms. The van der Waals surface area contributed by atoms with Crippen molar-refractivity contribution in [2.24, 2.45) is 0 Å². The Balaban J connectivity index is 2.07. The smallest absolute Gasteiger partial charge is 0.244 e. The Labute approximate surface area is 153 Å². The molecule has 1 aliphatic heterocycles. The van der Waals surface area contributed by atoms with Gasteiger partial charge in [0, 0.05) is 33.3 Å². The first-order valence-electron chi connectivity index (χ1n) is 8.19. The number of piperazine rings is 1. The molecule has 142 valence electrons. The number of sulfone groups is 1. The Morgan fingerprint density at radius 2 is 1.77 bits per heavy atom. The largest absolute Gasteiger partial charge is 0.357 e. The lowest BCUT2D eigenvalue weighted by atomic mass is 10.1. The molecule has 1 heterocycles. The number of carbonyl (C=O) groups excluding carboxylic acids is 3. The summed E-state index contributed by atoms with van der Waals surface area (Å²) in [5, 5.41) is 2.52. The number of nitrogens with one attached hydrogen (secondary N) is 1. The molecule has 0 radical (unpaired) electrons. The molecular weight excluding hydrogens is 358 g/mol. The Morgan fingerprint density at radius 3 is 2.27 bits per heavy atom. The van der Waals surface area contributed by atoms with Crippen molar-refractivity contribution in [2.75, 3.05) is 32.9 Å². The summed E-state index contributed by atoms with van der Waals surface area (Å²) in [6, 6.07) is 5.45. The van der Waals surface area contributed by atoms with Crippen molar-refractivity contribution in [1.82, 2.24) is 15.1 Å². The fraction of sp³-hybridized carbons (Fsp3) is 0.471. The highest BCUT2D eigenvalue weighted by Crippen LogP contribution is 2.15. The summed E-state index contributed by atoms with van der Waals surface area (Å²) in [5.41, 5.74) is 0.688. The van der Waals surface area contributed by atoms with E-state index in [4.69, 9.17) is 0 Å². The van der Waals surface area contributed by atoms with Gasteiger partial charge in [0.15, 0.2) is 9.84 Å². The molecule has 1 fully saturated rings. The van der Waals surface area contributed by atoms with Crippen LogP contribution in [-0.4, -0.2) is 74.9 Å². The molecular formula is C17H23N3O5S. The highest BCUT2D eigenvalue weighted by atomic mass is 32.2. The van der Waals surface area contributed by atoms with Crippen LogP contribution in [0.3, 0.4) is 0 Å². The van der Waals surface area contributed by atoms with Gasteiger partial charge in [-0.25, -0.2) is 8.42 Å². The number of hydrogen-bond donors (Lipinski definition) is 1. The third kappa shape index (κ3) is 4.60. The molecule has 0 spiro atoms. The number of nitrogens with zero attached hydrogens (tertiary/aromatic N) is 2. The minimum atomic E-state index is -3.28. The van der Waals surface area contributed by atoms with E-state index in [2.05, 4.69) is 5.32 Å². The van der Waals surface area contributed by atoms with Gasteiger partial charge in [0.05, 0.1) is 17.9 Å². The Bertz CT molecular complexity index is 804. The standard InChI is InChI=1S/C17H23N3O5S/c1-12(21)20-9-8-19(11-15(20)17(23)18-2)16(22)10-13-4-6-14(7-5-13)26(3,24)25/h4-7,15H,8-11H2,1-3H3,(H,18,23)/t15-/m0/s1. The molecule has 0 aliphatic carbocycles. The summed E-state index contributed by atoms with van der Waals surface area (Å²) >= 11 is 0. The van der Waals surface area contributed by atoms with Crippen molar-refractivity contribution in [3.63, 3.8) is 0 Å². The van der Waals surface area contributed by atoms with E-state index in [1.54, 1.807) is 17.0 Å². The SMILES string of the molecule is CNC(=O)[C@@H]1CN(C(=O)Cc2ccc(S(C)(=O)=O)cc2)CCN1C(C)=O. The lowest BCUT2D eigenvalue weighted by Crippen LogP contribution is -2.61. The average Bonchev–Trinajstić information content (AvgIpc) is 2.60. The maximum absolute atomic E-state index is 12.6. The van der Waals surface area contributed by atoms with E-state index in [1.165, 1.54) is 31.0 Å². The molecule has 0 aromatic heterocycles. The van der Waals surface area contributed by atoms with Crippen LogP contribution >= 0.6 is 0 Å². The number of amides is 3.